The quantitative estimate of drug-likeness (QED) is 0.227. The molecule has 6 heteroatoms. The van der Waals surface area contributed by atoms with Gasteiger partial charge in [-0.15, -0.1) is 5.59 Å². The summed E-state index contributed by atoms with van der Waals surface area (Å²) < 4.78 is 8.19. The van der Waals surface area contributed by atoms with Crippen LogP contribution < -0.4 is 10.3 Å². The van der Waals surface area contributed by atoms with Crippen LogP contribution in [0.5, 0.6) is 5.75 Å². The van der Waals surface area contributed by atoms with E-state index in [9.17, 15) is 4.79 Å². The molecule has 1 amide bonds. The van der Waals surface area contributed by atoms with E-state index < -0.39 is 6.15 Å². The van der Waals surface area contributed by atoms with Gasteiger partial charge in [-0.25, -0.2) is 4.79 Å². The first-order chi connectivity index (χ1) is 17.0. The summed E-state index contributed by atoms with van der Waals surface area (Å²) in [6.45, 7) is 6.91. The molecule has 1 heterocycles. The van der Waals surface area contributed by atoms with Crippen LogP contribution >= 0.6 is 0 Å². The van der Waals surface area contributed by atoms with E-state index in [1.807, 2.05) is 55.6 Å². The molecule has 0 spiro atoms. The Morgan fingerprint density at radius 3 is 1.97 bits per heavy atom. The number of carbonyl (C=O) groups is 1. The van der Waals surface area contributed by atoms with E-state index in [-0.39, 0.29) is 29.2 Å². The van der Waals surface area contributed by atoms with Gasteiger partial charge in [-0.2, -0.15) is 19.0 Å². The number of benzene rings is 3. The van der Waals surface area contributed by atoms with Crippen molar-refractivity contribution in [3.63, 3.8) is 0 Å². The third kappa shape index (κ3) is 4.98. The summed E-state index contributed by atoms with van der Waals surface area (Å²) in [5.41, 5.74) is 4.86. The van der Waals surface area contributed by atoms with Gasteiger partial charge in [-0.1, -0.05) is 87.5 Å². The summed E-state index contributed by atoms with van der Waals surface area (Å²) in [6.07, 6.45) is 2.07. The van der Waals surface area contributed by atoms with Gasteiger partial charge in [0.1, 0.15) is 5.75 Å². The number of aromatic nitrogens is 1. The Bertz CT molecular complexity index is 1280. The molecule has 0 saturated heterocycles. The third-order valence-electron chi connectivity index (χ3n) is 8.13. The molecule has 4 nitrogen and oxygen atoms in total. The standard InChI is InChI=1S/C30H36BN2O2.Cu/c1-6-31(7-2,8-3)29-27(25-21-15-16-22-26(25)32(29)4)28(23-17-11-9-12-18-23)33(5)30(34)35-24-19-13-10-14-20-24;/h9-22,28H,6-8H2,1-5H3;/q-1;+1. The minimum Gasteiger partial charge on any atom is -0.410 e. The molecule has 0 N–H and O–H groups in total. The Morgan fingerprint density at radius 2 is 1.39 bits per heavy atom. The van der Waals surface area contributed by atoms with E-state index in [2.05, 4.69) is 68.8 Å². The molecule has 4 aromatic rings. The molecule has 192 valence electrons. The van der Waals surface area contributed by atoms with Crippen LogP contribution in [0.15, 0.2) is 84.9 Å². The molecular formula is C30H36BCuN2O2. The number of amides is 1. The number of hydrogen-bond acceptors (Lipinski definition) is 2. The molecule has 1 atom stereocenters. The van der Waals surface area contributed by atoms with Crippen LogP contribution in [-0.2, 0) is 24.1 Å². The number of hydrogen-bond donors (Lipinski definition) is 0. The Hall–Kier alpha value is -2.95. The smallest absolute Gasteiger partial charge is 0.410 e. The molecule has 3 aromatic carbocycles. The van der Waals surface area contributed by atoms with Crippen molar-refractivity contribution in [2.24, 2.45) is 7.05 Å². The zero-order valence-corrected chi connectivity index (χ0v) is 22.8. The number of rotatable bonds is 8. The summed E-state index contributed by atoms with van der Waals surface area (Å²) >= 11 is 0. The van der Waals surface area contributed by atoms with Gasteiger partial charge in [0, 0.05) is 31.1 Å². The van der Waals surface area contributed by atoms with E-state index in [1.54, 1.807) is 4.90 Å². The van der Waals surface area contributed by atoms with E-state index >= 15 is 0 Å². The Labute approximate surface area is 226 Å². The van der Waals surface area contributed by atoms with Crippen LogP contribution in [0.25, 0.3) is 10.9 Å². The van der Waals surface area contributed by atoms with Crippen LogP contribution in [0.4, 0.5) is 4.79 Å². The first-order valence-electron chi connectivity index (χ1n) is 12.8. The van der Waals surface area contributed by atoms with Gasteiger partial charge >= 0.3 is 23.2 Å². The van der Waals surface area contributed by atoms with Crippen molar-refractivity contribution in [2.45, 2.75) is 45.8 Å². The third-order valence-corrected chi connectivity index (χ3v) is 8.13. The second-order valence-electron chi connectivity index (χ2n) is 9.68. The van der Waals surface area contributed by atoms with Gasteiger partial charge < -0.3 is 9.30 Å². The molecular weight excluding hydrogens is 495 g/mol. The molecule has 4 rings (SSSR count). The van der Waals surface area contributed by atoms with E-state index in [0.717, 1.165) is 24.5 Å². The fourth-order valence-electron chi connectivity index (χ4n) is 5.90. The predicted octanol–water partition coefficient (Wildman–Crippen LogP) is 7.11. The Kier molecular flexibility index (Phi) is 9.11. The second kappa shape index (κ2) is 11.9. The summed E-state index contributed by atoms with van der Waals surface area (Å²) in [6, 6.07) is 27.9. The Balaban J connectivity index is 0.00000361. The predicted molar refractivity (Wildman–Crippen MR) is 148 cm³/mol. The number of nitrogens with zero attached hydrogens (tertiary/aromatic N) is 2. The SMILES string of the molecule is CC[B-](CC)(CC)c1c(C(c2ccccc2)N(C)C(=O)Oc2ccccc2)c2ccccc2n1C.[Cu+]. The molecule has 0 aliphatic rings. The zero-order valence-electron chi connectivity index (χ0n) is 21.9. The molecule has 0 fully saturated rings. The number of ether oxygens (including phenoxy) is 1. The monoisotopic (exact) mass is 530 g/mol. The minimum atomic E-state index is -0.824. The number of carbonyl (C=O) groups excluding carboxylic acids is 1. The maximum absolute atomic E-state index is 13.5. The first-order valence-corrected chi connectivity index (χ1v) is 12.8. The van der Waals surface area contributed by atoms with Crippen LogP contribution in [0.2, 0.25) is 19.0 Å². The van der Waals surface area contributed by atoms with Gasteiger partial charge in [0.2, 0.25) is 0 Å². The van der Waals surface area contributed by atoms with Crippen molar-refractivity contribution in [2.75, 3.05) is 7.05 Å². The normalized spacial score (nSPS) is 12.1. The van der Waals surface area contributed by atoms with E-state index in [1.165, 1.54) is 22.1 Å². The van der Waals surface area contributed by atoms with E-state index in [4.69, 9.17) is 4.74 Å². The molecule has 0 aliphatic carbocycles. The molecule has 0 radical (unpaired) electrons. The summed E-state index contributed by atoms with van der Waals surface area (Å²) in [5.74, 6) is 0.545. The summed E-state index contributed by atoms with van der Waals surface area (Å²) in [5, 5.41) is 1.19. The number of aryl methyl sites for hydroxylation is 1. The fourth-order valence-corrected chi connectivity index (χ4v) is 5.90. The zero-order chi connectivity index (χ0) is 25.0. The largest absolute Gasteiger partial charge is 1.00 e. The molecule has 0 aliphatic heterocycles. The van der Waals surface area contributed by atoms with Gasteiger partial charge in [-0.3, -0.25) is 4.90 Å². The molecule has 1 aromatic heterocycles. The van der Waals surface area contributed by atoms with Crippen molar-refractivity contribution in [3.8, 4) is 5.75 Å². The first kappa shape index (κ1) is 27.6. The number of para-hydroxylation sites is 2. The molecule has 0 saturated carbocycles. The maximum Gasteiger partial charge on any atom is 1.00 e. The van der Waals surface area contributed by atoms with Crippen LogP contribution in [0, 0.1) is 0 Å². The van der Waals surface area contributed by atoms with Gasteiger partial charge in [0.25, 0.3) is 0 Å². The van der Waals surface area contributed by atoms with Gasteiger partial charge in [0.05, 0.1) is 6.04 Å². The average molecular weight is 531 g/mol. The van der Waals surface area contributed by atoms with Crippen molar-refractivity contribution < 1.29 is 26.6 Å². The van der Waals surface area contributed by atoms with Crippen molar-refractivity contribution >= 4 is 28.7 Å². The topological polar surface area (TPSA) is 34.5 Å². The van der Waals surface area contributed by atoms with Gasteiger partial charge in [-0.05, 0) is 29.3 Å². The van der Waals surface area contributed by atoms with Crippen LogP contribution in [-0.4, -0.2) is 28.8 Å². The summed E-state index contributed by atoms with van der Waals surface area (Å²) in [4.78, 5) is 15.3. The fraction of sp³-hybridized carbons (Fsp3) is 0.300. The number of fused-ring (bicyclic) bond motifs is 1. The van der Waals surface area contributed by atoms with Crippen molar-refractivity contribution in [3.05, 3.63) is 96.1 Å². The van der Waals surface area contributed by atoms with Crippen LogP contribution in [0.3, 0.4) is 0 Å². The van der Waals surface area contributed by atoms with Crippen molar-refractivity contribution in [1.82, 2.24) is 9.47 Å². The summed E-state index contributed by atoms with van der Waals surface area (Å²) in [7, 11) is 4.04. The van der Waals surface area contributed by atoms with Crippen LogP contribution in [0.1, 0.15) is 37.9 Å². The minimum absolute atomic E-state index is 0. The van der Waals surface area contributed by atoms with Crippen molar-refractivity contribution in [1.29, 1.82) is 0 Å². The van der Waals surface area contributed by atoms with E-state index in [0.29, 0.717) is 5.75 Å². The average Bonchev–Trinajstić information content (AvgIpc) is 3.19. The molecule has 0 bridgehead atoms. The molecule has 1 unspecified atom stereocenters. The second-order valence-corrected chi connectivity index (χ2v) is 9.68. The maximum atomic E-state index is 13.5. The molecule has 36 heavy (non-hydrogen) atoms. The Morgan fingerprint density at radius 1 is 0.861 bits per heavy atom. The van der Waals surface area contributed by atoms with Gasteiger partial charge in [0.15, 0.2) is 0 Å².